The molecule has 0 aromatic rings. The van der Waals surface area contributed by atoms with Gasteiger partial charge in [0.2, 0.25) is 0 Å². The first kappa shape index (κ1) is 14.7. The van der Waals surface area contributed by atoms with Gasteiger partial charge in [-0.1, -0.05) is 53.9 Å². The van der Waals surface area contributed by atoms with Gasteiger partial charge >= 0.3 is 0 Å². The van der Waals surface area contributed by atoms with Gasteiger partial charge in [-0.2, -0.15) is 0 Å². The Morgan fingerprint density at radius 2 is 1.76 bits per heavy atom. The van der Waals surface area contributed by atoms with Crippen molar-refractivity contribution in [1.82, 2.24) is 0 Å². The van der Waals surface area contributed by atoms with Crippen LogP contribution in [0.15, 0.2) is 0 Å². The van der Waals surface area contributed by atoms with Crippen molar-refractivity contribution in [2.75, 3.05) is 0 Å². The van der Waals surface area contributed by atoms with Crippen molar-refractivity contribution in [3.63, 3.8) is 0 Å². The molecule has 1 aliphatic carbocycles. The molecule has 0 amide bonds. The molecule has 2 atom stereocenters. The van der Waals surface area contributed by atoms with E-state index in [1.54, 1.807) is 0 Å². The largest absolute Gasteiger partial charge is 0.299 e. The van der Waals surface area contributed by atoms with Crippen LogP contribution in [0.2, 0.25) is 0 Å². The van der Waals surface area contributed by atoms with Crippen LogP contribution in [-0.2, 0) is 4.79 Å². The fourth-order valence-electron chi connectivity index (χ4n) is 3.16. The molecule has 1 aliphatic rings. The van der Waals surface area contributed by atoms with Gasteiger partial charge in [0.1, 0.15) is 5.78 Å². The number of carbonyl (C=O) groups is 1. The predicted molar refractivity (Wildman–Crippen MR) is 74.0 cm³/mol. The Morgan fingerprint density at radius 3 is 2.29 bits per heavy atom. The van der Waals surface area contributed by atoms with Crippen molar-refractivity contribution in [3.05, 3.63) is 0 Å². The van der Waals surface area contributed by atoms with Crippen LogP contribution in [0, 0.1) is 23.2 Å². The van der Waals surface area contributed by atoms with Crippen LogP contribution in [-0.4, -0.2) is 5.78 Å². The zero-order valence-corrected chi connectivity index (χ0v) is 12.4. The van der Waals surface area contributed by atoms with Crippen LogP contribution in [0.3, 0.4) is 0 Å². The molecule has 0 aliphatic heterocycles. The van der Waals surface area contributed by atoms with Gasteiger partial charge in [-0.05, 0) is 30.1 Å². The molecular formula is C16H30O. The maximum absolute atomic E-state index is 11.8. The van der Waals surface area contributed by atoms with Crippen LogP contribution < -0.4 is 0 Å². The molecule has 1 fully saturated rings. The molecule has 0 radical (unpaired) electrons. The van der Waals surface area contributed by atoms with Crippen molar-refractivity contribution in [2.45, 2.75) is 73.1 Å². The van der Waals surface area contributed by atoms with E-state index < -0.39 is 0 Å². The maximum atomic E-state index is 11.8. The highest BCUT2D eigenvalue weighted by molar-refractivity contribution is 5.80. The van der Waals surface area contributed by atoms with Gasteiger partial charge in [-0.25, -0.2) is 0 Å². The number of hydrogen-bond donors (Lipinski definition) is 0. The van der Waals surface area contributed by atoms with Crippen LogP contribution in [0.5, 0.6) is 0 Å². The second-order valence-electron chi connectivity index (χ2n) is 7.49. The third-order valence-corrected chi connectivity index (χ3v) is 3.93. The summed E-state index contributed by atoms with van der Waals surface area (Å²) in [5.74, 6) is 2.21. The van der Waals surface area contributed by atoms with Crippen molar-refractivity contribution in [2.24, 2.45) is 23.2 Å². The molecule has 0 bridgehead atoms. The molecule has 0 spiro atoms. The van der Waals surface area contributed by atoms with E-state index in [0.717, 1.165) is 12.3 Å². The Morgan fingerprint density at radius 1 is 1.18 bits per heavy atom. The third-order valence-electron chi connectivity index (χ3n) is 3.93. The van der Waals surface area contributed by atoms with E-state index in [1.807, 2.05) is 13.8 Å². The molecule has 0 aromatic heterocycles. The van der Waals surface area contributed by atoms with E-state index in [9.17, 15) is 4.79 Å². The summed E-state index contributed by atoms with van der Waals surface area (Å²) in [4.78, 5) is 11.8. The van der Waals surface area contributed by atoms with E-state index in [1.165, 1.54) is 32.1 Å². The lowest BCUT2D eigenvalue weighted by molar-refractivity contribution is -0.123. The number of Topliss-reactive ketones (excluding diaryl/α,β-unsaturated/α-hetero) is 1. The minimum absolute atomic E-state index is 0.220. The van der Waals surface area contributed by atoms with E-state index in [-0.39, 0.29) is 5.92 Å². The first-order chi connectivity index (χ1) is 7.78. The summed E-state index contributed by atoms with van der Waals surface area (Å²) in [6.07, 6.45) is 7.42. The highest BCUT2D eigenvalue weighted by Crippen LogP contribution is 2.38. The van der Waals surface area contributed by atoms with Gasteiger partial charge in [0.05, 0.1) is 0 Å². The average molecular weight is 238 g/mol. The zero-order valence-electron chi connectivity index (χ0n) is 12.4. The Bertz CT molecular complexity index is 247. The van der Waals surface area contributed by atoms with Crippen molar-refractivity contribution in [1.29, 1.82) is 0 Å². The van der Waals surface area contributed by atoms with Gasteiger partial charge in [0.15, 0.2) is 0 Å². The summed E-state index contributed by atoms with van der Waals surface area (Å²) in [5, 5.41) is 0. The van der Waals surface area contributed by atoms with E-state index >= 15 is 0 Å². The molecule has 1 saturated carbocycles. The van der Waals surface area contributed by atoms with Crippen LogP contribution in [0.4, 0.5) is 0 Å². The number of ketones is 1. The highest BCUT2D eigenvalue weighted by Gasteiger charge is 2.27. The SMILES string of the molecule is CC(C)C(=O)CC1CCCC(CC(C)(C)C)C1. The summed E-state index contributed by atoms with van der Waals surface area (Å²) in [7, 11) is 0. The Labute approximate surface area is 107 Å². The average Bonchev–Trinajstić information content (AvgIpc) is 2.15. The first-order valence-corrected chi connectivity index (χ1v) is 7.30. The van der Waals surface area contributed by atoms with E-state index in [4.69, 9.17) is 0 Å². The number of carbonyl (C=O) groups excluding carboxylic acids is 1. The van der Waals surface area contributed by atoms with Crippen molar-refractivity contribution >= 4 is 5.78 Å². The summed E-state index contributed by atoms with van der Waals surface area (Å²) in [6, 6.07) is 0. The van der Waals surface area contributed by atoms with Crippen LogP contribution in [0.25, 0.3) is 0 Å². The smallest absolute Gasteiger partial charge is 0.135 e. The lowest BCUT2D eigenvalue weighted by Gasteiger charge is -2.33. The molecular weight excluding hydrogens is 208 g/mol. The maximum Gasteiger partial charge on any atom is 0.135 e. The quantitative estimate of drug-likeness (QED) is 0.684. The molecule has 2 unspecified atom stereocenters. The highest BCUT2D eigenvalue weighted by atomic mass is 16.1. The lowest BCUT2D eigenvalue weighted by Crippen LogP contribution is -2.23. The van der Waals surface area contributed by atoms with Gasteiger partial charge in [0, 0.05) is 12.3 Å². The Hall–Kier alpha value is -0.330. The van der Waals surface area contributed by atoms with Gasteiger partial charge in [-0.15, -0.1) is 0 Å². The molecule has 1 heteroatoms. The number of hydrogen-bond acceptors (Lipinski definition) is 1. The summed E-state index contributed by atoms with van der Waals surface area (Å²) >= 11 is 0. The van der Waals surface area contributed by atoms with Gasteiger partial charge in [0.25, 0.3) is 0 Å². The Balaban J connectivity index is 2.41. The van der Waals surface area contributed by atoms with E-state index in [2.05, 4.69) is 20.8 Å². The molecule has 1 rings (SSSR count). The molecule has 0 aromatic carbocycles. The monoisotopic (exact) mass is 238 g/mol. The minimum Gasteiger partial charge on any atom is -0.299 e. The molecule has 100 valence electrons. The van der Waals surface area contributed by atoms with Crippen LogP contribution in [0.1, 0.15) is 73.1 Å². The van der Waals surface area contributed by atoms with E-state index in [0.29, 0.717) is 17.1 Å². The van der Waals surface area contributed by atoms with Crippen LogP contribution >= 0.6 is 0 Å². The summed E-state index contributed by atoms with van der Waals surface area (Å²) in [5.41, 5.74) is 0.439. The molecule has 0 saturated heterocycles. The standard InChI is InChI=1S/C16H30O/c1-12(2)15(17)10-13-7-6-8-14(9-13)11-16(3,4)5/h12-14H,6-11H2,1-5H3. The predicted octanol–water partition coefficient (Wildman–Crippen LogP) is 4.84. The second kappa shape index (κ2) is 6.02. The lowest BCUT2D eigenvalue weighted by atomic mass is 9.72. The topological polar surface area (TPSA) is 17.1 Å². The molecule has 17 heavy (non-hydrogen) atoms. The number of rotatable bonds is 4. The normalized spacial score (nSPS) is 26.2. The molecule has 1 nitrogen and oxygen atoms in total. The minimum atomic E-state index is 0.220. The summed E-state index contributed by atoms with van der Waals surface area (Å²) < 4.78 is 0. The Kier molecular flexibility index (Phi) is 5.22. The van der Waals surface area contributed by atoms with Gasteiger partial charge < -0.3 is 0 Å². The first-order valence-electron chi connectivity index (χ1n) is 7.30. The molecule has 0 heterocycles. The fraction of sp³-hybridized carbons (Fsp3) is 0.938. The zero-order chi connectivity index (χ0) is 13.1. The second-order valence-corrected chi connectivity index (χ2v) is 7.49. The van der Waals surface area contributed by atoms with Gasteiger partial charge in [-0.3, -0.25) is 4.79 Å². The molecule has 0 N–H and O–H groups in total. The van der Waals surface area contributed by atoms with Crippen molar-refractivity contribution in [3.8, 4) is 0 Å². The third kappa shape index (κ3) is 5.70. The summed E-state index contributed by atoms with van der Waals surface area (Å²) in [6.45, 7) is 11.0. The fourth-order valence-corrected chi connectivity index (χ4v) is 3.16. The van der Waals surface area contributed by atoms with Crippen molar-refractivity contribution < 1.29 is 4.79 Å².